The van der Waals surface area contributed by atoms with Crippen LogP contribution in [0.3, 0.4) is 0 Å². The van der Waals surface area contributed by atoms with E-state index in [1.807, 2.05) is 24.3 Å². The fraction of sp³-hybridized carbons (Fsp3) is 0.150. The number of ketones is 1. The molecule has 3 aromatic rings. The maximum absolute atomic E-state index is 13.1. The zero-order chi connectivity index (χ0) is 19.0. The molecular weight excluding hydrogens is 382 g/mol. The van der Waals surface area contributed by atoms with E-state index in [4.69, 9.17) is 4.74 Å². The number of para-hydroxylation sites is 1. The van der Waals surface area contributed by atoms with Crippen molar-refractivity contribution in [1.29, 1.82) is 0 Å². The third kappa shape index (κ3) is 3.13. The number of carbonyl (C=O) groups excluding carboxylic acids is 1. The van der Waals surface area contributed by atoms with Crippen molar-refractivity contribution in [3.8, 4) is 5.75 Å². The number of rotatable bonds is 4. The Morgan fingerprint density at radius 2 is 1.93 bits per heavy atom. The summed E-state index contributed by atoms with van der Waals surface area (Å²) in [6.45, 7) is 0.408. The lowest BCUT2D eigenvalue weighted by atomic mass is 10.0. The van der Waals surface area contributed by atoms with Crippen molar-refractivity contribution in [1.82, 2.24) is 0 Å². The summed E-state index contributed by atoms with van der Waals surface area (Å²) in [4.78, 5) is 13.7. The second kappa shape index (κ2) is 6.83. The van der Waals surface area contributed by atoms with Crippen LogP contribution in [0.1, 0.15) is 26.4 Å². The Morgan fingerprint density at radius 1 is 1.11 bits per heavy atom. The summed E-state index contributed by atoms with van der Waals surface area (Å²) < 4.78 is 31.0. The quantitative estimate of drug-likeness (QED) is 0.721. The molecule has 0 saturated carbocycles. The van der Waals surface area contributed by atoms with E-state index in [-0.39, 0.29) is 22.0 Å². The van der Waals surface area contributed by atoms with Crippen LogP contribution in [0, 0.1) is 0 Å². The Morgan fingerprint density at radius 3 is 2.74 bits per heavy atom. The van der Waals surface area contributed by atoms with E-state index >= 15 is 0 Å². The van der Waals surface area contributed by atoms with Gasteiger partial charge in [0, 0.05) is 17.8 Å². The fourth-order valence-corrected chi connectivity index (χ4v) is 5.82. The van der Waals surface area contributed by atoms with E-state index in [9.17, 15) is 13.2 Å². The third-order valence-electron chi connectivity index (χ3n) is 4.55. The number of methoxy groups -OCH3 is 1. The van der Waals surface area contributed by atoms with Crippen molar-refractivity contribution in [2.45, 2.75) is 17.2 Å². The second-order valence-electron chi connectivity index (χ2n) is 6.21. The Hall–Kier alpha value is -2.64. The lowest BCUT2D eigenvalue weighted by Crippen LogP contribution is -2.11. The minimum absolute atomic E-state index is 0.0842. The topological polar surface area (TPSA) is 72.5 Å². The van der Waals surface area contributed by atoms with Crippen molar-refractivity contribution in [2.75, 3.05) is 12.4 Å². The summed E-state index contributed by atoms with van der Waals surface area (Å²) in [5.41, 5.74) is 2.21. The summed E-state index contributed by atoms with van der Waals surface area (Å²) in [7, 11) is -1.99. The number of carbonyl (C=O) groups is 1. The summed E-state index contributed by atoms with van der Waals surface area (Å²) in [6.07, 6.45) is 0. The monoisotopic (exact) mass is 399 g/mol. The molecule has 0 unspecified atom stereocenters. The van der Waals surface area contributed by atoms with Crippen molar-refractivity contribution < 1.29 is 17.9 Å². The minimum Gasteiger partial charge on any atom is -0.496 e. The molecule has 5 nitrogen and oxygen atoms in total. The Balaban J connectivity index is 1.78. The van der Waals surface area contributed by atoms with Crippen LogP contribution in [-0.4, -0.2) is 21.3 Å². The molecule has 7 heteroatoms. The van der Waals surface area contributed by atoms with Gasteiger partial charge < -0.3 is 10.1 Å². The van der Waals surface area contributed by atoms with Gasteiger partial charge in [-0.2, -0.15) is 0 Å². The predicted octanol–water partition coefficient (Wildman–Crippen LogP) is 3.89. The number of hydrogen-bond donors (Lipinski definition) is 1. The number of sulfone groups is 1. The third-order valence-corrected chi connectivity index (χ3v) is 7.21. The highest BCUT2D eigenvalue weighted by molar-refractivity contribution is 7.90. The van der Waals surface area contributed by atoms with Crippen LogP contribution in [0.4, 0.5) is 5.69 Å². The fourth-order valence-electron chi connectivity index (χ4n) is 3.26. The first-order chi connectivity index (χ1) is 13.0. The molecule has 0 bridgehead atoms. The summed E-state index contributed by atoms with van der Waals surface area (Å²) in [6, 6.07) is 14.2. The molecule has 1 aliphatic heterocycles. The summed E-state index contributed by atoms with van der Waals surface area (Å²) >= 11 is 1.28. The number of thiophene rings is 1. The average molecular weight is 399 g/mol. The zero-order valence-corrected chi connectivity index (χ0v) is 16.2. The standard InChI is InChI=1S/C20H17NO4S2/c1-25-16-7-3-2-5-13(16)11-21-15-6-4-8-17-18(15)19(22)20-14(9-10-26-20)12-27(17,23)24/h2-10,21H,11-12H2,1H3. The van der Waals surface area contributed by atoms with Crippen molar-refractivity contribution in [2.24, 2.45) is 0 Å². The molecule has 2 heterocycles. The predicted molar refractivity (Wildman–Crippen MR) is 105 cm³/mol. The van der Waals surface area contributed by atoms with Crippen LogP contribution < -0.4 is 10.1 Å². The molecule has 0 amide bonds. The molecule has 2 aromatic carbocycles. The molecule has 1 aliphatic rings. The molecule has 138 valence electrons. The van der Waals surface area contributed by atoms with Crippen LogP contribution in [0.25, 0.3) is 0 Å². The van der Waals surface area contributed by atoms with Crippen LogP contribution in [-0.2, 0) is 22.1 Å². The largest absolute Gasteiger partial charge is 0.496 e. The van der Waals surface area contributed by atoms with Crippen LogP contribution in [0.15, 0.2) is 58.8 Å². The Bertz CT molecular complexity index is 1130. The molecule has 0 radical (unpaired) electrons. The highest BCUT2D eigenvalue weighted by Crippen LogP contribution is 2.36. The van der Waals surface area contributed by atoms with Gasteiger partial charge in [0.05, 0.1) is 28.2 Å². The van der Waals surface area contributed by atoms with Gasteiger partial charge in [-0.3, -0.25) is 4.79 Å². The molecule has 0 saturated heterocycles. The molecule has 0 fully saturated rings. The van der Waals surface area contributed by atoms with Gasteiger partial charge in [0.15, 0.2) is 9.84 Å². The van der Waals surface area contributed by atoms with Gasteiger partial charge in [-0.15, -0.1) is 11.3 Å². The number of benzene rings is 2. The average Bonchev–Trinajstić information content (AvgIpc) is 3.10. The number of anilines is 1. The van der Waals surface area contributed by atoms with Gasteiger partial charge >= 0.3 is 0 Å². The summed E-state index contributed by atoms with van der Waals surface area (Å²) in [5.74, 6) is 0.325. The molecule has 1 aromatic heterocycles. The van der Waals surface area contributed by atoms with E-state index in [1.54, 1.807) is 30.7 Å². The maximum Gasteiger partial charge on any atom is 0.206 e. The molecule has 4 rings (SSSR count). The van der Waals surface area contributed by atoms with Crippen LogP contribution in [0.5, 0.6) is 5.75 Å². The van der Waals surface area contributed by atoms with E-state index < -0.39 is 9.84 Å². The van der Waals surface area contributed by atoms with Crippen LogP contribution in [0.2, 0.25) is 0 Å². The normalized spacial score (nSPS) is 14.8. The van der Waals surface area contributed by atoms with E-state index in [1.165, 1.54) is 17.4 Å². The van der Waals surface area contributed by atoms with Gasteiger partial charge in [-0.25, -0.2) is 8.42 Å². The molecule has 1 N–H and O–H groups in total. The lowest BCUT2D eigenvalue weighted by molar-refractivity contribution is 0.104. The molecular formula is C20H17NO4S2. The van der Waals surface area contributed by atoms with Crippen molar-refractivity contribution >= 4 is 32.6 Å². The highest BCUT2D eigenvalue weighted by atomic mass is 32.2. The van der Waals surface area contributed by atoms with Crippen LogP contribution >= 0.6 is 11.3 Å². The molecule has 0 aliphatic carbocycles. The van der Waals surface area contributed by atoms with Gasteiger partial charge in [0.2, 0.25) is 5.78 Å². The van der Waals surface area contributed by atoms with Gasteiger partial charge in [0.25, 0.3) is 0 Å². The molecule has 0 spiro atoms. The second-order valence-corrected chi connectivity index (χ2v) is 9.08. The van der Waals surface area contributed by atoms with Gasteiger partial charge in [0.1, 0.15) is 5.75 Å². The first-order valence-electron chi connectivity index (χ1n) is 8.34. The maximum atomic E-state index is 13.1. The molecule has 0 atom stereocenters. The first-order valence-corrected chi connectivity index (χ1v) is 10.9. The Kier molecular flexibility index (Phi) is 4.49. The number of nitrogens with one attached hydrogen (secondary N) is 1. The first kappa shape index (κ1) is 17.8. The molecule has 27 heavy (non-hydrogen) atoms. The lowest BCUT2D eigenvalue weighted by Gasteiger charge is -2.15. The van der Waals surface area contributed by atoms with Crippen molar-refractivity contribution in [3.05, 3.63) is 75.5 Å². The number of fused-ring (bicyclic) bond motifs is 2. The van der Waals surface area contributed by atoms with Gasteiger partial charge in [-0.05, 0) is 35.2 Å². The summed E-state index contributed by atoms with van der Waals surface area (Å²) in [5, 5.41) is 4.98. The SMILES string of the molecule is COc1ccccc1CNc1cccc2c1C(=O)c1sccc1CS2(=O)=O. The smallest absolute Gasteiger partial charge is 0.206 e. The number of hydrogen-bond acceptors (Lipinski definition) is 6. The van der Waals surface area contributed by atoms with Crippen molar-refractivity contribution in [3.63, 3.8) is 0 Å². The van der Waals surface area contributed by atoms with Gasteiger partial charge in [-0.1, -0.05) is 24.3 Å². The minimum atomic E-state index is -3.59. The van der Waals surface area contributed by atoms with E-state index in [0.29, 0.717) is 22.7 Å². The highest BCUT2D eigenvalue weighted by Gasteiger charge is 2.33. The Labute approximate surface area is 161 Å². The van der Waals surface area contributed by atoms with E-state index in [2.05, 4.69) is 5.32 Å². The van der Waals surface area contributed by atoms with E-state index in [0.717, 1.165) is 11.3 Å². The zero-order valence-electron chi connectivity index (χ0n) is 14.6. The number of ether oxygens (including phenoxy) is 1.